The van der Waals surface area contributed by atoms with E-state index in [9.17, 15) is 9.90 Å². The van der Waals surface area contributed by atoms with Crippen molar-refractivity contribution in [3.63, 3.8) is 0 Å². The van der Waals surface area contributed by atoms with Gasteiger partial charge in [-0.05, 0) is 36.6 Å². The number of aryl methyl sites for hydroxylation is 1. The van der Waals surface area contributed by atoms with E-state index in [1.807, 2.05) is 29.2 Å². The number of morpholine rings is 1. The van der Waals surface area contributed by atoms with Gasteiger partial charge in [0.25, 0.3) is 0 Å². The first-order chi connectivity index (χ1) is 13.6. The van der Waals surface area contributed by atoms with Crippen LogP contribution in [-0.2, 0) is 16.0 Å². The molecule has 3 heterocycles. The second-order valence-electron chi connectivity index (χ2n) is 7.37. The molecule has 1 N–H and O–H groups in total. The van der Waals surface area contributed by atoms with Crippen molar-refractivity contribution in [2.45, 2.75) is 38.8 Å². The van der Waals surface area contributed by atoms with Crippen LogP contribution in [0.25, 0.3) is 11.3 Å². The lowest BCUT2D eigenvalue weighted by atomic mass is 9.98. The molecule has 1 aromatic carbocycles. The Hall–Kier alpha value is -2.67. The number of hydrogen-bond acceptors (Lipinski definition) is 6. The van der Waals surface area contributed by atoms with Gasteiger partial charge < -0.3 is 19.6 Å². The van der Waals surface area contributed by atoms with Crippen LogP contribution in [0.5, 0.6) is 5.75 Å². The lowest BCUT2D eigenvalue weighted by molar-refractivity contribution is -0.132. The first-order valence-electron chi connectivity index (χ1n) is 9.87. The number of aromatic hydroxyl groups is 1. The largest absolute Gasteiger partial charge is 0.507 e. The van der Waals surface area contributed by atoms with E-state index in [1.54, 1.807) is 13.0 Å². The van der Waals surface area contributed by atoms with Crippen molar-refractivity contribution in [3.8, 4) is 17.0 Å². The van der Waals surface area contributed by atoms with Gasteiger partial charge in [-0.1, -0.05) is 19.1 Å². The number of nitrogens with zero attached hydrogens (tertiary/aromatic N) is 4. The van der Waals surface area contributed by atoms with Crippen molar-refractivity contribution in [2.24, 2.45) is 0 Å². The Balaban J connectivity index is 1.61. The molecule has 0 bridgehead atoms. The monoisotopic (exact) mass is 382 g/mol. The van der Waals surface area contributed by atoms with E-state index in [4.69, 9.17) is 4.74 Å². The number of benzene rings is 1. The molecule has 0 unspecified atom stereocenters. The molecular formula is C21H26N4O3. The van der Waals surface area contributed by atoms with Crippen LogP contribution in [0.4, 0.5) is 5.82 Å². The average molecular weight is 382 g/mol. The van der Waals surface area contributed by atoms with Gasteiger partial charge in [0.15, 0.2) is 5.82 Å². The van der Waals surface area contributed by atoms with E-state index in [2.05, 4.69) is 22.0 Å². The minimum absolute atomic E-state index is 0.0860. The molecule has 0 spiro atoms. The van der Waals surface area contributed by atoms with Crippen molar-refractivity contribution in [2.75, 3.05) is 31.1 Å². The summed E-state index contributed by atoms with van der Waals surface area (Å²) in [5.41, 5.74) is 2.44. The number of amides is 1. The molecule has 2 aliphatic heterocycles. The molecule has 2 fully saturated rings. The summed E-state index contributed by atoms with van der Waals surface area (Å²) in [6, 6.07) is 9.46. The number of phenols is 1. The summed E-state index contributed by atoms with van der Waals surface area (Å²) in [4.78, 5) is 15.9. The summed E-state index contributed by atoms with van der Waals surface area (Å²) in [6.07, 6.45) is 1.75. The maximum Gasteiger partial charge on any atom is 0.219 e. The highest BCUT2D eigenvalue weighted by atomic mass is 16.5. The van der Waals surface area contributed by atoms with Crippen LogP contribution in [-0.4, -0.2) is 64.5 Å². The molecule has 7 nitrogen and oxygen atoms in total. The Labute approximate surface area is 164 Å². The number of piperidine rings is 1. The lowest BCUT2D eigenvalue weighted by Gasteiger charge is -2.47. The summed E-state index contributed by atoms with van der Waals surface area (Å²) in [6.45, 7) is 6.41. The molecule has 148 valence electrons. The van der Waals surface area contributed by atoms with Gasteiger partial charge in [-0.25, -0.2) is 0 Å². The highest BCUT2D eigenvalue weighted by Crippen LogP contribution is 2.33. The molecule has 2 aromatic rings. The SMILES string of the molecule is CCc1cccc(O)c1-c1ccc(N2CCO[C@@H]3CCN(C(C)=O)C[C@@H]32)nn1. The minimum Gasteiger partial charge on any atom is -0.507 e. The van der Waals surface area contributed by atoms with E-state index in [0.29, 0.717) is 18.8 Å². The molecule has 28 heavy (non-hydrogen) atoms. The number of carbonyl (C=O) groups excluding carboxylic acids is 1. The van der Waals surface area contributed by atoms with E-state index in [1.165, 1.54) is 0 Å². The molecule has 1 amide bonds. The van der Waals surface area contributed by atoms with Crippen molar-refractivity contribution >= 4 is 11.7 Å². The molecule has 1 aromatic heterocycles. The molecule has 0 aliphatic carbocycles. The van der Waals surface area contributed by atoms with Crippen molar-refractivity contribution in [1.29, 1.82) is 0 Å². The minimum atomic E-state index is 0.0860. The predicted octanol–water partition coefficient (Wildman–Crippen LogP) is 2.24. The first-order valence-corrected chi connectivity index (χ1v) is 9.87. The van der Waals surface area contributed by atoms with Gasteiger partial charge in [0, 0.05) is 32.1 Å². The van der Waals surface area contributed by atoms with Gasteiger partial charge in [0.05, 0.1) is 24.4 Å². The zero-order valence-electron chi connectivity index (χ0n) is 16.3. The third-order valence-corrected chi connectivity index (χ3v) is 5.74. The molecule has 2 aliphatic rings. The number of phenolic OH excluding ortho intramolecular Hbond substituents is 1. The molecule has 0 saturated carbocycles. The quantitative estimate of drug-likeness (QED) is 0.877. The molecular weight excluding hydrogens is 356 g/mol. The summed E-state index contributed by atoms with van der Waals surface area (Å²) >= 11 is 0. The van der Waals surface area contributed by atoms with Crippen LogP contribution >= 0.6 is 0 Å². The van der Waals surface area contributed by atoms with Crippen molar-refractivity contribution in [1.82, 2.24) is 15.1 Å². The number of likely N-dealkylation sites (tertiary alicyclic amines) is 1. The topological polar surface area (TPSA) is 78.8 Å². The zero-order valence-corrected chi connectivity index (χ0v) is 16.3. The van der Waals surface area contributed by atoms with Gasteiger partial charge in [0.1, 0.15) is 5.75 Å². The van der Waals surface area contributed by atoms with E-state index >= 15 is 0 Å². The number of fused-ring (bicyclic) bond motifs is 1. The normalized spacial score (nSPS) is 22.1. The standard InChI is InChI=1S/C21H26N4O3/c1-3-15-5-4-6-18(27)21(15)16-7-8-20(23-22-16)25-11-12-28-19-9-10-24(14(2)26)13-17(19)25/h4-8,17,19,27H,3,9-13H2,1-2H3/t17-,19+/m0/s1. The van der Waals surface area contributed by atoms with Crippen LogP contribution in [0.2, 0.25) is 0 Å². The Morgan fingerprint density at radius 2 is 2.11 bits per heavy atom. The summed E-state index contributed by atoms with van der Waals surface area (Å²) in [7, 11) is 0. The summed E-state index contributed by atoms with van der Waals surface area (Å²) in [5, 5.41) is 19.2. The second-order valence-corrected chi connectivity index (χ2v) is 7.37. The fourth-order valence-electron chi connectivity index (χ4n) is 4.23. The predicted molar refractivity (Wildman–Crippen MR) is 106 cm³/mol. The Morgan fingerprint density at radius 1 is 1.25 bits per heavy atom. The zero-order chi connectivity index (χ0) is 19.7. The van der Waals surface area contributed by atoms with Gasteiger partial charge in [-0.3, -0.25) is 4.79 Å². The summed E-state index contributed by atoms with van der Waals surface area (Å²) in [5.74, 6) is 1.09. The number of ether oxygens (including phenoxy) is 1. The summed E-state index contributed by atoms with van der Waals surface area (Å²) < 4.78 is 5.94. The fraction of sp³-hybridized carbons (Fsp3) is 0.476. The lowest BCUT2D eigenvalue weighted by Crippen LogP contribution is -2.61. The van der Waals surface area contributed by atoms with Gasteiger partial charge >= 0.3 is 0 Å². The molecule has 4 rings (SSSR count). The van der Waals surface area contributed by atoms with E-state index in [-0.39, 0.29) is 23.8 Å². The van der Waals surface area contributed by atoms with Crippen LogP contribution in [0, 0.1) is 0 Å². The highest BCUT2D eigenvalue weighted by Gasteiger charge is 2.38. The van der Waals surface area contributed by atoms with Crippen LogP contribution < -0.4 is 4.90 Å². The van der Waals surface area contributed by atoms with Crippen molar-refractivity contribution < 1.29 is 14.6 Å². The van der Waals surface area contributed by atoms with Crippen LogP contribution in [0.15, 0.2) is 30.3 Å². The third-order valence-electron chi connectivity index (χ3n) is 5.74. The second kappa shape index (κ2) is 7.75. The molecule has 2 saturated heterocycles. The maximum absolute atomic E-state index is 11.8. The molecule has 7 heteroatoms. The van der Waals surface area contributed by atoms with E-state index < -0.39 is 0 Å². The third kappa shape index (κ3) is 3.42. The number of anilines is 1. The maximum atomic E-state index is 11.8. The highest BCUT2D eigenvalue weighted by molar-refractivity contribution is 5.73. The first kappa shape index (κ1) is 18.7. The Morgan fingerprint density at radius 3 is 2.82 bits per heavy atom. The number of hydrogen-bond donors (Lipinski definition) is 1. The van der Waals surface area contributed by atoms with Crippen LogP contribution in [0.3, 0.4) is 0 Å². The Kier molecular flexibility index (Phi) is 5.17. The fourth-order valence-corrected chi connectivity index (χ4v) is 4.23. The smallest absolute Gasteiger partial charge is 0.219 e. The van der Waals surface area contributed by atoms with Gasteiger partial charge in [0.2, 0.25) is 5.91 Å². The molecule has 2 atom stereocenters. The Bertz CT molecular complexity index is 855. The number of aromatic nitrogens is 2. The van der Waals surface area contributed by atoms with Gasteiger partial charge in [-0.2, -0.15) is 0 Å². The van der Waals surface area contributed by atoms with Crippen LogP contribution in [0.1, 0.15) is 25.8 Å². The van der Waals surface area contributed by atoms with Gasteiger partial charge in [-0.15, -0.1) is 10.2 Å². The number of carbonyl (C=O) groups is 1. The average Bonchev–Trinajstić information content (AvgIpc) is 2.73. The van der Waals surface area contributed by atoms with E-state index in [0.717, 1.165) is 42.9 Å². The van der Waals surface area contributed by atoms with Crippen molar-refractivity contribution in [3.05, 3.63) is 35.9 Å². The number of rotatable bonds is 3. The molecule has 0 radical (unpaired) electrons.